The summed E-state index contributed by atoms with van der Waals surface area (Å²) in [6.45, 7) is 3.75. The number of rotatable bonds is 6. The standard InChI is InChI=1S/C16H17BrFN3O3/c1-9(2)7-13(16(23)24)19-15(22)14-12(17)8-21(20-14)11-5-3-10(18)4-6-11/h3-6,8-9,13H,7H2,1-2H3,(H,19,22)(H,23,24)/t13-/m0/s1. The van der Waals surface area contributed by atoms with Gasteiger partial charge < -0.3 is 10.4 Å². The van der Waals surface area contributed by atoms with E-state index >= 15 is 0 Å². The summed E-state index contributed by atoms with van der Waals surface area (Å²) in [4.78, 5) is 23.6. The fraction of sp³-hybridized carbons (Fsp3) is 0.312. The van der Waals surface area contributed by atoms with Crippen molar-refractivity contribution in [3.05, 3.63) is 46.4 Å². The Balaban J connectivity index is 2.21. The molecule has 0 unspecified atom stereocenters. The number of hydrogen-bond donors (Lipinski definition) is 2. The van der Waals surface area contributed by atoms with Crippen LogP contribution in [0.15, 0.2) is 34.9 Å². The molecule has 1 atom stereocenters. The Morgan fingerprint density at radius 3 is 2.50 bits per heavy atom. The van der Waals surface area contributed by atoms with Crippen molar-refractivity contribution in [2.45, 2.75) is 26.3 Å². The molecule has 1 aromatic heterocycles. The molecule has 0 aliphatic heterocycles. The van der Waals surface area contributed by atoms with Crippen molar-refractivity contribution in [3.8, 4) is 5.69 Å². The lowest BCUT2D eigenvalue weighted by atomic mass is 10.0. The van der Waals surface area contributed by atoms with Gasteiger partial charge in [-0.2, -0.15) is 5.10 Å². The van der Waals surface area contributed by atoms with Crippen LogP contribution in [-0.2, 0) is 4.79 Å². The highest BCUT2D eigenvalue weighted by Gasteiger charge is 2.24. The second-order valence-electron chi connectivity index (χ2n) is 5.74. The second-order valence-corrected chi connectivity index (χ2v) is 6.59. The highest BCUT2D eigenvalue weighted by Crippen LogP contribution is 2.19. The van der Waals surface area contributed by atoms with Crippen molar-refractivity contribution >= 4 is 27.8 Å². The first-order valence-electron chi connectivity index (χ1n) is 7.32. The average molecular weight is 398 g/mol. The van der Waals surface area contributed by atoms with Crippen molar-refractivity contribution in [3.63, 3.8) is 0 Å². The molecule has 2 aromatic rings. The van der Waals surface area contributed by atoms with E-state index in [2.05, 4.69) is 26.3 Å². The van der Waals surface area contributed by atoms with Crippen LogP contribution in [0.2, 0.25) is 0 Å². The van der Waals surface area contributed by atoms with Gasteiger partial charge in [-0.3, -0.25) is 4.79 Å². The lowest BCUT2D eigenvalue weighted by Gasteiger charge is -2.15. The van der Waals surface area contributed by atoms with Crippen LogP contribution in [0.4, 0.5) is 4.39 Å². The molecule has 0 aliphatic carbocycles. The Hall–Kier alpha value is -2.22. The topological polar surface area (TPSA) is 84.2 Å². The van der Waals surface area contributed by atoms with E-state index in [0.29, 0.717) is 16.6 Å². The predicted octanol–water partition coefficient (Wildman–Crippen LogP) is 3.00. The first-order valence-corrected chi connectivity index (χ1v) is 8.12. The van der Waals surface area contributed by atoms with Crippen LogP contribution < -0.4 is 5.32 Å². The van der Waals surface area contributed by atoms with Crippen LogP contribution in [0.3, 0.4) is 0 Å². The summed E-state index contributed by atoms with van der Waals surface area (Å²) in [5, 5.41) is 15.8. The number of carboxylic acids is 1. The molecule has 0 bridgehead atoms. The molecule has 1 aromatic carbocycles. The molecule has 2 rings (SSSR count). The van der Waals surface area contributed by atoms with Crippen molar-refractivity contribution < 1.29 is 19.1 Å². The monoisotopic (exact) mass is 397 g/mol. The van der Waals surface area contributed by atoms with E-state index in [1.54, 1.807) is 6.20 Å². The van der Waals surface area contributed by atoms with E-state index in [-0.39, 0.29) is 17.4 Å². The van der Waals surface area contributed by atoms with E-state index in [0.717, 1.165) is 0 Å². The summed E-state index contributed by atoms with van der Waals surface area (Å²) < 4.78 is 14.8. The minimum atomic E-state index is -1.09. The SMILES string of the molecule is CC(C)C[C@H](NC(=O)c1nn(-c2ccc(F)cc2)cc1Br)C(=O)O. The molecule has 0 aliphatic rings. The van der Waals surface area contributed by atoms with Crippen molar-refractivity contribution in [1.29, 1.82) is 0 Å². The number of halogens is 2. The third kappa shape index (κ3) is 4.41. The predicted molar refractivity (Wildman–Crippen MR) is 89.6 cm³/mol. The van der Waals surface area contributed by atoms with Gasteiger partial charge in [0.2, 0.25) is 0 Å². The highest BCUT2D eigenvalue weighted by molar-refractivity contribution is 9.10. The Kier molecular flexibility index (Phi) is 5.71. The van der Waals surface area contributed by atoms with Crippen LogP contribution in [-0.4, -0.2) is 32.8 Å². The maximum atomic E-state index is 13.0. The largest absolute Gasteiger partial charge is 0.480 e. The molecule has 2 N–H and O–H groups in total. The van der Waals surface area contributed by atoms with E-state index in [1.807, 2.05) is 13.8 Å². The van der Waals surface area contributed by atoms with Crippen molar-refractivity contribution in [2.75, 3.05) is 0 Å². The quantitative estimate of drug-likeness (QED) is 0.784. The van der Waals surface area contributed by atoms with Gasteiger partial charge >= 0.3 is 5.97 Å². The molecule has 1 amide bonds. The first kappa shape index (κ1) is 18.1. The van der Waals surface area contributed by atoms with Gasteiger partial charge in [0.05, 0.1) is 10.2 Å². The first-order chi connectivity index (χ1) is 11.3. The number of carboxylic acid groups (broad SMARTS) is 1. The molecule has 8 heteroatoms. The van der Waals surface area contributed by atoms with Gasteiger partial charge in [-0.25, -0.2) is 13.9 Å². The molecular weight excluding hydrogens is 381 g/mol. The molecule has 0 radical (unpaired) electrons. The fourth-order valence-electron chi connectivity index (χ4n) is 2.15. The molecule has 0 fully saturated rings. The number of nitrogens with one attached hydrogen (secondary N) is 1. The maximum absolute atomic E-state index is 13.0. The molecule has 24 heavy (non-hydrogen) atoms. The number of carbonyl (C=O) groups excluding carboxylic acids is 1. The molecule has 0 spiro atoms. The molecule has 6 nitrogen and oxygen atoms in total. The van der Waals surface area contributed by atoms with Gasteiger partial charge in [-0.05, 0) is 52.5 Å². The zero-order valence-electron chi connectivity index (χ0n) is 13.2. The minimum absolute atomic E-state index is 0.0642. The van der Waals surface area contributed by atoms with Gasteiger partial charge in [0.25, 0.3) is 5.91 Å². The maximum Gasteiger partial charge on any atom is 0.326 e. The van der Waals surface area contributed by atoms with E-state index < -0.39 is 17.9 Å². The van der Waals surface area contributed by atoms with Gasteiger partial charge in [0.15, 0.2) is 5.69 Å². The van der Waals surface area contributed by atoms with Gasteiger partial charge in [-0.1, -0.05) is 13.8 Å². The van der Waals surface area contributed by atoms with Gasteiger partial charge in [-0.15, -0.1) is 0 Å². The second kappa shape index (κ2) is 7.57. The molecular formula is C16H17BrFN3O3. The molecule has 1 heterocycles. The van der Waals surface area contributed by atoms with Crippen LogP contribution in [0.5, 0.6) is 0 Å². The Labute approximate surface area is 146 Å². The van der Waals surface area contributed by atoms with Crippen LogP contribution >= 0.6 is 15.9 Å². The van der Waals surface area contributed by atoms with Crippen LogP contribution in [0, 0.1) is 11.7 Å². The van der Waals surface area contributed by atoms with Crippen molar-refractivity contribution in [1.82, 2.24) is 15.1 Å². The highest BCUT2D eigenvalue weighted by atomic mass is 79.9. The lowest BCUT2D eigenvalue weighted by molar-refractivity contribution is -0.139. The van der Waals surface area contributed by atoms with E-state index in [1.165, 1.54) is 28.9 Å². The van der Waals surface area contributed by atoms with E-state index in [9.17, 15) is 19.1 Å². The smallest absolute Gasteiger partial charge is 0.326 e. The fourth-order valence-corrected chi connectivity index (χ4v) is 2.61. The van der Waals surface area contributed by atoms with Crippen LogP contribution in [0.1, 0.15) is 30.8 Å². The Bertz CT molecular complexity index is 744. The number of aliphatic carboxylic acids is 1. The Morgan fingerprint density at radius 1 is 1.33 bits per heavy atom. The number of nitrogens with zero attached hydrogens (tertiary/aromatic N) is 2. The molecule has 0 saturated carbocycles. The van der Waals surface area contributed by atoms with Gasteiger partial charge in [0, 0.05) is 6.20 Å². The molecule has 128 valence electrons. The zero-order chi connectivity index (χ0) is 17.9. The summed E-state index contributed by atoms with van der Waals surface area (Å²) in [6.07, 6.45) is 1.87. The summed E-state index contributed by atoms with van der Waals surface area (Å²) >= 11 is 3.24. The van der Waals surface area contributed by atoms with Crippen molar-refractivity contribution in [2.24, 2.45) is 5.92 Å². The summed E-state index contributed by atoms with van der Waals surface area (Å²) in [7, 11) is 0. The van der Waals surface area contributed by atoms with Crippen LogP contribution in [0.25, 0.3) is 5.69 Å². The Morgan fingerprint density at radius 2 is 1.96 bits per heavy atom. The van der Waals surface area contributed by atoms with E-state index in [4.69, 9.17) is 0 Å². The number of carbonyl (C=O) groups is 2. The summed E-state index contributed by atoms with van der Waals surface area (Å²) in [5.41, 5.74) is 0.641. The third-order valence-electron chi connectivity index (χ3n) is 3.29. The molecule has 0 saturated heterocycles. The number of amides is 1. The third-order valence-corrected chi connectivity index (χ3v) is 3.87. The minimum Gasteiger partial charge on any atom is -0.480 e. The summed E-state index contributed by atoms with van der Waals surface area (Å²) in [5.74, 6) is -1.94. The number of hydrogen-bond acceptors (Lipinski definition) is 3. The number of aromatic nitrogens is 2. The number of benzene rings is 1. The lowest BCUT2D eigenvalue weighted by Crippen LogP contribution is -2.41. The zero-order valence-corrected chi connectivity index (χ0v) is 14.7. The summed E-state index contributed by atoms with van der Waals surface area (Å²) in [6, 6.07) is 4.63. The normalized spacial score (nSPS) is 12.2. The average Bonchev–Trinajstić information content (AvgIpc) is 2.88. The van der Waals surface area contributed by atoms with Gasteiger partial charge in [0.1, 0.15) is 11.9 Å².